The third-order valence-corrected chi connectivity index (χ3v) is 4.65. The number of piperidine rings is 1. The van der Waals surface area contributed by atoms with Crippen molar-refractivity contribution < 1.29 is 9.84 Å². The molecule has 2 aliphatic heterocycles. The summed E-state index contributed by atoms with van der Waals surface area (Å²) in [5.74, 6) is 0.932. The van der Waals surface area contributed by atoms with Crippen molar-refractivity contribution in [3.8, 4) is 5.75 Å². The summed E-state index contributed by atoms with van der Waals surface area (Å²) >= 11 is 0. The smallest absolute Gasteiger partial charge is 0.131 e. The summed E-state index contributed by atoms with van der Waals surface area (Å²) in [6.45, 7) is 8.21. The number of likely N-dealkylation sites (tertiary alicyclic amines) is 1. The molecule has 118 valence electrons. The Morgan fingerprint density at radius 2 is 1.86 bits per heavy atom. The molecule has 0 bridgehead atoms. The zero-order valence-corrected chi connectivity index (χ0v) is 13.9. The number of aliphatic hydroxyl groups excluding tert-OH is 1. The molecular formula is C17H26ClNO2. The highest BCUT2D eigenvalue weighted by Gasteiger charge is 2.45. The second-order valence-corrected chi connectivity index (χ2v) is 6.73. The maximum Gasteiger partial charge on any atom is 0.131 e. The molecule has 2 aliphatic rings. The first-order chi connectivity index (χ1) is 9.49. The molecule has 1 aromatic rings. The van der Waals surface area contributed by atoms with Crippen LogP contribution in [0.15, 0.2) is 18.2 Å². The molecule has 0 unspecified atom stereocenters. The molecule has 0 spiro atoms. The van der Waals surface area contributed by atoms with Crippen LogP contribution < -0.4 is 4.74 Å². The van der Waals surface area contributed by atoms with Gasteiger partial charge in [0.15, 0.2) is 0 Å². The number of hydrogen-bond donors (Lipinski definition) is 1. The van der Waals surface area contributed by atoms with E-state index in [2.05, 4.69) is 30.0 Å². The van der Waals surface area contributed by atoms with Crippen LogP contribution in [0.3, 0.4) is 0 Å². The maximum absolute atomic E-state index is 10.8. The zero-order valence-electron chi connectivity index (χ0n) is 13.1. The van der Waals surface area contributed by atoms with Crippen LogP contribution in [-0.4, -0.2) is 34.8 Å². The summed E-state index contributed by atoms with van der Waals surface area (Å²) in [6, 6.07) is 6.37. The summed E-state index contributed by atoms with van der Waals surface area (Å²) in [7, 11) is 0. The van der Waals surface area contributed by atoms with Crippen molar-refractivity contribution in [3.63, 3.8) is 0 Å². The molecule has 0 saturated carbocycles. The molecule has 3 nitrogen and oxygen atoms in total. The van der Waals surface area contributed by atoms with Crippen LogP contribution in [0.1, 0.15) is 50.3 Å². The van der Waals surface area contributed by atoms with E-state index < -0.39 is 11.7 Å². The van der Waals surface area contributed by atoms with Gasteiger partial charge >= 0.3 is 0 Å². The highest BCUT2D eigenvalue weighted by atomic mass is 35.5. The fourth-order valence-corrected chi connectivity index (χ4v) is 3.48. The number of fused-ring (bicyclic) bond motifs is 1. The number of benzene rings is 1. The van der Waals surface area contributed by atoms with E-state index >= 15 is 0 Å². The van der Waals surface area contributed by atoms with Crippen molar-refractivity contribution in [2.75, 3.05) is 13.1 Å². The largest absolute Gasteiger partial charge is 0.485 e. The Morgan fingerprint density at radius 3 is 2.52 bits per heavy atom. The number of rotatable bonds is 1. The lowest BCUT2D eigenvalue weighted by Gasteiger charge is -2.47. The zero-order chi connectivity index (χ0) is 14.3. The van der Waals surface area contributed by atoms with Gasteiger partial charge < -0.3 is 9.84 Å². The molecule has 2 atom stereocenters. The Kier molecular flexibility index (Phi) is 4.86. The van der Waals surface area contributed by atoms with Crippen molar-refractivity contribution >= 4 is 12.4 Å². The third-order valence-electron chi connectivity index (χ3n) is 4.65. The van der Waals surface area contributed by atoms with E-state index in [1.54, 1.807) is 0 Å². The Balaban J connectivity index is 0.00000161. The minimum Gasteiger partial charge on any atom is -0.485 e. The van der Waals surface area contributed by atoms with Gasteiger partial charge in [0.1, 0.15) is 17.5 Å². The van der Waals surface area contributed by atoms with E-state index in [9.17, 15) is 5.11 Å². The van der Waals surface area contributed by atoms with Crippen molar-refractivity contribution in [2.24, 2.45) is 0 Å². The van der Waals surface area contributed by atoms with E-state index in [0.717, 1.165) is 24.4 Å². The molecule has 0 amide bonds. The lowest BCUT2D eigenvalue weighted by Crippen LogP contribution is -2.54. The number of halogens is 1. The van der Waals surface area contributed by atoms with E-state index in [4.69, 9.17) is 4.74 Å². The second kappa shape index (κ2) is 6.15. The van der Waals surface area contributed by atoms with Crippen LogP contribution in [-0.2, 0) is 0 Å². The fraction of sp³-hybridized carbons (Fsp3) is 0.647. The second-order valence-electron chi connectivity index (χ2n) is 6.73. The molecule has 1 N–H and O–H groups in total. The lowest BCUT2D eigenvalue weighted by molar-refractivity contribution is -0.0961. The molecule has 0 aliphatic carbocycles. The number of nitrogens with zero attached hydrogens (tertiary/aromatic N) is 1. The van der Waals surface area contributed by atoms with Crippen LogP contribution in [0, 0.1) is 6.92 Å². The van der Waals surface area contributed by atoms with Crippen molar-refractivity contribution in [1.82, 2.24) is 4.90 Å². The summed E-state index contributed by atoms with van der Waals surface area (Å²) in [4.78, 5) is 2.44. The minimum atomic E-state index is -0.537. The van der Waals surface area contributed by atoms with Crippen LogP contribution in [0.25, 0.3) is 0 Å². The van der Waals surface area contributed by atoms with E-state index in [1.165, 1.54) is 24.8 Å². The van der Waals surface area contributed by atoms with Gasteiger partial charge in [-0.05, 0) is 52.8 Å². The fourth-order valence-electron chi connectivity index (χ4n) is 3.48. The van der Waals surface area contributed by atoms with Gasteiger partial charge in [0.2, 0.25) is 0 Å². The molecule has 21 heavy (non-hydrogen) atoms. The van der Waals surface area contributed by atoms with Gasteiger partial charge in [-0.25, -0.2) is 0 Å². The molecule has 0 radical (unpaired) electrons. The average molecular weight is 312 g/mol. The lowest BCUT2D eigenvalue weighted by atomic mass is 9.84. The molecule has 1 saturated heterocycles. The molecule has 1 aromatic carbocycles. The summed E-state index contributed by atoms with van der Waals surface area (Å²) in [5.41, 5.74) is 1.84. The van der Waals surface area contributed by atoms with Crippen LogP contribution >= 0.6 is 12.4 Å². The van der Waals surface area contributed by atoms with Crippen molar-refractivity contribution in [3.05, 3.63) is 29.3 Å². The quantitative estimate of drug-likeness (QED) is 0.862. The predicted molar refractivity (Wildman–Crippen MR) is 87.3 cm³/mol. The molecule has 2 heterocycles. The first-order valence-electron chi connectivity index (χ1n) is 7.71. The van der Waals surface area contributed by atoms with Crippen LogP contribution in [0.4, 0.5) is 0 Å². The van der Waals surface area contributed by atoms with E-state index in [-0.39, 0.29) is 18.4 Å². The monoisotopic (exact) mass is 311 g/mol. The normalized spacial score (nSPS) is 28.2. The number of hydrogen-bond acceptors (Lipinski definition) is 3. The van der Waals surface area contributed by atoms with Gasteiger partial charge in [-0.2, -0.15) is 0 Å². The van der Waals surface area contributed by atoms with Crippen molar-refractivity contribution in [1.29, 1.82) is 0 Å². The van der Waals surface area contributed by atoms with Crippen molar-refractivity contribution in [2.45, 2.75) is 57.8 Å². The minimum absolute atomic E-state index is 0. The highest BCUT2D eigenvalue weighted by molar-refractivity contribution is 5.85. The predicted octanol–water partition coefficient (Wildman–Crippen LogP) is 3.48. The SMILES string of the molecule is Cc1ccc2c(c1)[C@@H](N1CCCCC1)[C@H](O)C(C)(C)O2.Cl. The summed E-state index contributed by atoms with van der Waals surface area (Å²) in [6.07, 6.45) is 3.27. The molecule has 4 heteroatoms. The van der Waals surface area contributed by atoms with E-state index in [0.29, 0.717) is 0 Å². The van der Waals surface area contributed by atoms with Gasteiger partial charge in [-0.3, -0.25) is 4.90 Å². The molecule has 0 aromatic heterocycles. The number of ether oxygens (including phenoxy) is 1. The van der Waals surface area contributed by atoms with Gasteiger partial charge in [-0.15, -0.1) is 12.4 Å². The summed E-state index contributed by atoms with van der Waals surface area (Å²) in [5, 5.41) is 10.8. The Hall–Kier alpha value is -0.770. The Labute approximate surface area is 133 Å². The van der Waals surface area contributed by atoms with Crippen LogP contribution in [0.2, 0.25) is 0 Å². The van der Waals surface area contributed by atoms with Gasteiger partial charge in [-0.1, -0.05) is 24.1 Å². The summed E-state index contributed by atoms with van der Waals surface area (Å²) < 4.78 is 6.03. The molecular weight excluding hydrogens is 286 g/mol. The molecule has 3 rings (SSSR count). The standard InChI is InChI=1S/C17H25NO2.ClH/c1-12-7-8-14-13(11-12)15(16(19)17(2,3)20-14)18-9-5-4-6-10-18;/h7-8,11,15-16,19H,4-6,9-10H2,1-3H3;1H/t15-,16+;/m1./s1. The van der Waals surface area contributed by atoms with Gasteiger partial charge in [0, 0.05) is 5.56 Å². The van der Waals surface area contributed by atoms with Gasteiger partial charge in [0.05, 0.1) is 6.04 Å². The average Bonchev–Trinajstić information content (AvgIpc) is 2.42. The van der Waals surface area contributed by atoms with E-state index in [1.807, 2.05) is 13.8 Å². The highest BCUT2D eigenvalue weighted by Crippen LogP contribution is 2.43. The maximum atomic E-state index is 10.8. The molecule has 1 fully saturated rings. The third kappa shape index (κ3) is 3.05. The first kappa shape index (κ1) is 16.6. The Bertz CT molecular complexity index is 498. The topological polar surface area (TPSA) is 32.7 Å². The first-order valence-corrected chi connectivity index (χ1v) is 7.71. The van der Waals surface area contributed by atoms with Crippen LogP contribution in [0.5, 0.6) is 5.75 Å². The Morgan fingerprint density at radius 1 is 1.19 bits per heavy atom. The number of aliphatic hydroxyl groups is 1. The number of aryl methyl sites for hydroxylation is 1. The van der Waals surface area contributed by atoms with Gasteiger partial charge in [0.25, 0.3) is 0 Å².